The number of carbonyl (C=O) groups is 4. The lowest BCUT2D eigenvalue weighted by Crippen LogP contribution is -2.63. The van der Waals surface area contributed by atoms with Crippen molar-refractivity contribution < 1.29 is 52.3 Å². The van der Waals surface area contributed by atoms with E-state index in [9.17, 15) is 19.2 Å². The molecule has 0 radical (unpaired) electrons. The third kappa shape index (κ3) is 7.95. The van der Waals surface area contributed by atoms with Gasteiger partial charge in [-0.15, -0.1) is 0 Å². The molecule has 1 saturated heterocycles. The molecule has 5 atom stereocenters. The molecule has 1 heterocycles. The van der Waals surface area contributed by atoms with Gasteiger partial charge in [0.05, 0.1) is 0 Å². The van der Waals surface area contributed by atoms with Crippen LogP contribution in [0, 0.1) is 0 Å². The first-order valence-electron chi connectivity index (χ1n) is 8.89. The Morgan fingerprint density at radius 3 is 1.72 bits per heavy atom. The normalized spacial score (nSPS) is 26.9. The first kappa shape index (κ1) is 24.8. The van der Waals surface area contributed by atoms with Crippen LogP contribution in [-0.4, -0.2) is 74.1 Å². The number of esters is 4. The summed E-state index contributed by atoms with van der Waals surface area (Å²) < 4.78 is 37.6. The molecule has 0 spiro atoms. The summed E-state index contributed by atoms with van der Waals surface area (Å²) in [6.07, 6.45) is -6.16. The van der Waals surface area contributed by atoms with E-state index in [1.807, 2.05) is 0 Å². The second-order valence-electron chi connectivity index (χ2n) is 6.79. The highest BCUT2D eigenvalue weighted by atomic mass is 16.8. The number of methoxy groups -OCH3 is 1. The zero-order valence-electron chi connectivity index (χ0n) is 17.6. The molecular formula is C18H28O11. The molecule has 0 unspecified atom stereocenters. The average Bonchev–Trinajstić information content (AvgIpc) is 2.57. The highest BCUT2D eigenvalue weighted by Crippen LogP contribution is 2.32. The van der Waals surface area contributed by atoms with Gasteiger partial charge >= 0.3 is 23.9 Å². The van der Waals surface area contributed by atoms with Crippen LogP contribution in [0.2, 0.25) is 0 Å². The highest BCUT2D eigenvalue weighted by Gasteiger charge is 2.53. The van der Waals surface area contributed by atoms with Gasteiger partial charge < -0.3 is 33.2 Å². The lowest BCUT2D eigenvalue weighted by molar-refractivity contribution is -0.359. The minimum absolute atomic E-state index is 0.328. The van der Waals surface area contributed by atoms with Crippen LogP contribution in [0.5, 0.6) is 0 Å². The molecule has 166 valence electrons. The van der Waals surface area contributed by atoms with E-state index in [1.165, 1.54) is 14.0 Å². The minimum Gasteiger partial charge on any atom is -0.463 e. The van der Waals surface area contributed by atoms with Crippen molar-refractivity contribution in [2.45, 2.75) is 78.0 Å². The molecule has 29 heavy (non-hydrogen) atoms. The van der Waals surface area contributed by atoms with Gasteiger partial charge in [-0.3, -0.25) is 19.2 Å². The van der Waals surface area contributed by atoms with E-state index < -0.39 is 60.4 Å². The minimum atomic E-state index is -1.29. The maximum atomic E-state index is 11.7. The van der Waals surface area contributed by atoms with Crippen LogP contribution in [0.25, 0.3) is 0 Å². The van der Waals surface area contributed by atoms with Crippen LogP contribution < -0.4 is 0 Å². The third-order valence-electron chi connectivity index (χ3n) is 3.84. The molecule has 0 aromatic heterocycles. The topological polar surface area (TPSA) is 133 Å². The van der Waals surface area contributed by atoms with Gasteiger partial charge in [0.25, 0.3) is 0 Å². The van der Waals surface area contributed by atoms with Crippen molar-refractivity contribution in [3.05, 3.63) is 0 Å². The van der Waals surface area contributed by atoms with E-state index in [1.54, 1.807) is 13.8 Å². The number of hydrogen-bond donors (Lipinski definition) is 0. The van der Waals surface area contributed by atoms with Gasteiger partial charge in [0.1, 0.15) is 12.7 Å². The Morgan fingerprint density at radius 1 is 0.793 bits per heavy atom. The molecule has 0 amide bonds. The zero-order valence-corrected chi connectivity index (χ0v) is 17.6. The molecule has 1 aliphatic rings. The van der Waals surface area contributed by atoms with E-state index in [0.717, 1.165) is 20.8 Å². The standard InChI is InChI=1S/C18H28O11/c1-9(19)24-8-13-14(25-10(2)20)15(26-11(3)21)16(27-12(4)22)17(28-13)29-18(5,6)23-7/h13-17H,8H2,1-7H3/t13-,14-,15+,16-,17+/m1/s1. The summed E-state index contributed by atoms with van der Waals surface area (Å²) in [5.41, 5.74) is 0. The lowest BCUT2D eigenvalue weighted by Gasteiger charge is -2.45. The van der Waals surface area contributed by atoms with Crippen LogP contribution in [0.4, 0.5) is 0 Å². The Balaban J connectivity index is 3.35. The molecule has 0 aliphatic carbocycles. The van der Waals surface area contributed by atoms with Gasteiger partial charge in [-0.2, -0.15) is 0 Å². The number of ether oxygens (including phenoxy) is 7. The first-order chi connectivity index (χ1) is 13.4. The van der Waals surface area contributed by atoms with Crippen LogP contribution in [-0.2, 0) is 52.3 Å². The van der Waals surface area contributed by atoms with Gasteiger partial charge in [-0.25, -0.2) is 0 Å². The van der Waals surface area contributed by atoms with Gasteiger partial charge in [0, 0.05) is 34.8 Å². The van der Waals surface area contributed by atoms with Gasteiger partial charge in [0.15, 0.2) is 24.1 Å². The average molecular weight is 420 g/mol. The van der Waals surface area contributed by atoms with Crippen molar-refractivity contribution in [2.24, 2.45) is 0 Å². The van der Waals surface area contributed by atoms with Crippen molar-refractivity contribution >= 4 is 23.9 Å². The molecule has 1 aliphatic heterocycles. The summed E-state index contributed by atoms with van der Waals surface area (Å²) in [7, 11) is 1.39. The molecule has 1 rings (SSSR count). The molecule has 1 fully saturated rings. The van der Waals surface area contributed by atoms with Crippen LogP contribution in [0.15, 0.2) is 0 Å². The van der Waals surface area contributed by atoms with Crippen molar-refractivity contribution in [1.29, 1.82) is 0 Å². The molecule has 11 heteroatoms. The fourth-order valence-corrected chi connectivity index (χ4v) is 2.61. The molecule has 0 bridgehead atoms. The van der Waals surface area contributed by atoms with E-state index in [2.05, 4.69) is 0 Å². The third-order valence-corrected chi connectivity index (χ3v) is 3.84. The molecule has 11 nitrogen and oxygen atoms in total. The first-order valence-corrected chi connectivity index (χ1v) is 8.89. The summed E-state index contributed by atoms with van der Waals surface area (Å²) in [6.45, 7) is 7.46. The van der Waals surface area contributed by atoms with E-state index >= 15 is 0 Å². The SMILES string of the molecule is COC(C)(C)O[C@@H]1O[C@H](COC(C)=O)[C@@H](OC(C)=O)[C@H](OC(C)=O)[C@H]1OC(C)=O. The Hall–Kier alpha value is -2.24. The molecule has 0 N–H and O–H groups in total. The molecule has 0 saturated carbocycles. The quantitative estimate of drug-likeness (QED) is 0.308. The molecular weight excluding hydrogens is 392 g/mol. The van der Waals surface area contributed by atoms with Crippen LogP contribution in [0.1, 0.15) is 41.5 Å². The summed E-state index contributed by atoms with van der Waals surface area (Å²) >= 11 is 0. The monoisotopic (exact) mass is 420 g/mol. The van der Waals surface area contributed by atoms with E-state index in [-0.39, 0.29) is 6.61 Å². The maximum Gasteiger partial charge on any atom is 0.303 e. The van der Waals surface area contributed by atoms with Crippen molar-refractivity contribution in [3.8, 4) is 0 Å². The van der Waals surface area contributed by atoms with Gasteiger partial charge in [-0.05, 0) is 13.8 Å². The van der Waals surface area contributed by atoms with Gasteiger partial charge in [0.2, 0.25) is 6.29 Å². The van der Waals surface area contributed by atoms with Crippen LogP contribution >= 0.6 is 0 Å². The Bertz CT molecular complexity index is 615. The van der Waals surface area contributed by atoms with Gasteiger partial charge in [-0.1, -0.05) is 0 Å². The summed E-state index contributed by atoms with van der Waals surface area (Å²) in [5, 5.41) is 0. The highest BCUT2D eigenvalue weighted by molar-refractivity contribution is 5.68. The smallest absolute Gasteiger partial charge is 0.303 e. The summed E-state index contributed by atoms with van der Waals surface area (Å²) in [5.74, 6) is -3.91. The summed E-state index contributed by atoms with van der Waals surface area (Å²) in [6, 6.07) is 0. The predicted molar refractivity (Wildman–Crippen MR) is 94.1 cm³/mol. The number of carbonyl (C=O) groups excluding carboxylic acids is 4. The molecule has 0 aromatic carbocycles. The fourth-order valence-electron chi connectivity index (χ4n) is 2.61. The number of hydrogen-bond acceptors (Lipinski definition) is 11. The van der Waals surface area contributed by atoms with E-state index in [0.29, 0.717) is 0 Å². The zero-order chi connectivity index (χ0) is 22.4. The predicted octanol–water partition coefficient (Wildman–Crippen LogP) is 0.469. The second kappa shape index (κ2) is 10.5. The summed E-state index contributed by atoms with van der Waals surface area (Å²) in [4.78, 5) is 46.2. The van der Waals surface area contributed by atoms with Crippen LogP contribution in [0.3, 0.4) is 0 Å². The molecule has 0 aromatic rings. The van der Waals surface area contributed by atoms with Crippen molar-refractivity contribution in [3.63, 3.8) is 0 Å². The Kier molecular flexibility index (Phi) is 8.99. The second-order valence-corrected chi connectivity index (χ2v) is 6.79. The maximum absolute atomic E-state index is 11.7. The fraction of sp³-hybridized carbons (Fsp3) is 0.778. The largest absolute Gasteiger partial charge is 0.463 e. The Labute approximate surface area is 168 Å². The van der Waals surface area contributed by atoms with Crippen molar-refractivity contribution in [2.75, 3.05) is 13.7 Å². The Morgan fingerprint density at radius 2 is 1.28 bits per heavy atom. The van der Waals surface area contributed by atoms with Crippen molar-refractivity contribution in [1.82, 2.24) is 0 Å². The number of rotatable bonds is 8. The lowest BCUT2D eigenvalue weighted by atomic mass is 9.98. The van der Waals surface area contributed by atoms with E-state index in [4.69, 9.17) is 33.2 Å².